The second kappa shape index (κ2) is 8.74. The fourth-order valence-corrected chi connectivity index (χ4v) is 4.00. The third-order valence-electron chi connectivity index (χ3n) is 2.82. The summed E-state index contributed by atoms with van der Waals surface area (Å²) in [7, 11) is -1.81. The Morgan fingerprint density at radius 3 is 2.80 bits per heavy atom. The lowest BCUT2D eigenvalue weighted by Gasteiger charge is -2.15. The number of hydrogen-bond acceptors (Lipinski definition) is 5. The Labute approximate surface area is 126 Å². The zero-order chi connectivity index (χ0) is 15.0. The Morgan fingerprint density at radius 1 is 1.40 bits per heavy atom. The number of ether oxygens (including phenoxy) is 1. The summed E-state index contributed by atoms with van der Waals surface area (Å²) >= 11 is 1.47. The van der Waals surface area contributed by atoms with Gasteiger partial charge in [-0.25, -0.2) is 8.42 Å². The van der Waals surface area contributed by atoms with Gasteiger partial charge in [-0.2, -0.15) is 4.31 Å². The molecule has 0 amide bonds. The second-order valence-electron chi connectivity index (χ2n) is 4.45. The van der Waals surface area contributed by atoms with Gasteiger partial charge in [-0.1, -0.05) is 6.92 Å². The molecule has 5 nitrogen and oxygen atoms in total. The van der Waals surface area contributed by atoms with Crippen molar-refractivity contribution in [3.8, 4) is 0 Å². The Bertz CT molecular complexity index is 486. The normalized spacial score (nSPS) is 12.2. The van der Waals surface area contributed by atoms with E-state index in [0.717, 1.165) is 24.4 Å². The van der Waals surface area contributed by atoms with Crippen molar-refractivity contribution >= 4 is 21.4 Å². The summed E-state index contributed by atoms with van der Waals surface area (Å²) in [5.74, 6) is 0. The topological polar surface area (TPSA) is 58.6 Å². The van der Waals surface area contributed by atoms with Crippen LogP contribution in [0.5, 0.6) is 0 Å². The number of thiophene rings is 1. The van der Waals surface area contributed by atoms with Gasteiger partial charge in [0.1, 0.15) is 0 Å². The van der Waals surface area contributed by atoms with E-state index >= 15 is 0 Å². The number of rotatable bonds is 10. The van der Waals surface area contributed by atoms with Crippen molar-refractivity contribution in [2.75, 3.05) is 33.4 Å². The molecule has 0 saturated heterocycles. The number of likely N-dealkylation sites (N-methyl/N-ethyl adjacent to an activating group) is 1. The van der Waals surface area contributed by atoms with Gasteiger partial charge in [-0.15, -0.1) is 11.3 Å². The molecule has 0 aromatic carbocycles. The Balaban J connectivity index is 2.62. The zero-order valence-corrected chi connectivity index (χ0v) is 14.0. The van der Waals surface area contributed by atoms with Crippen molar-refractivity contribution in [3.05, 3.63) is 16.3 Å². The minimum absolute atomic E-state index is 0.370. The van der Waals surface area contributed by atoms with Gasteiger partial charge in [0.15, 0.2) is 0 Å². The third kappa shape index (κ3) is 5.14. The highest BCUT2D eigenvalue weighted by Gasteiger charge is 2.21. The van der Waals surface area contributed by atoms with E-state index in [1.807, 2.05) is 6.92 Å². The maximum atomic E-state index is 12.3. The monoisotopic (exact) mass is 320 g/mol. The Hall–Kier alpha value is -0.470. The fraction of sp³-hybridized carbons (Fsp3) is 0.692. The molecule has 0 radical (unpaired) electrons. The molecule has 0 fully saturated rings. The van der Waals surface area contributed by atoms with Crippen LogP contribution in [0, 0.1) is 0 Å². The van der Waals surface area contributed by atoms with Gasteiger partial charge in [0, 0.05) is 37.0 Å². The quantitative estimate of drug-likeness (QED) is 0.669. The first-order valence-electron chi connectivity index (χ1n) is 6.84. The van der Waals surface area contributed by atoms with Gasteiger partial charge >= 0.3 is 0 Å². The molecule has 0 atom stereocenters. The van der Waals surface area contributed by atoms with Crippen LogP contribution >= 0.6 is 11.3 Å². The smallest absolute Gasteiger partial charge is 0.243 e. The van der Waals surface area contributed by atoms with Crippen LogP contribution in [0.25, 0.3) is 0 Å². The average molecular weight is 320 g/mol. The van der Waals surface area contributed by atoms with Gasteiger partial charge < -0.3 is 10.1 Å². The molecular weight excluding hydrogens is 296 g/mol. The minimum Gasteiger partial charge on any atom is -0.380 e. The molecule has 0 aliphatic heterocycles. The predicted molar refractivity (Wildman–Crippen MR) is 82.6 cm³/mol. The number of nitrogens with one attached hydrogen (secondary N) is 1. The maximum Gasteiger partial charge on any atom is 0.243 e. The first-order chi connectivity index (χ1) is 9.52. The van der Waals surface area contributed by atoms with Crippen LogP contribution in [0.2, 0.25) is 0 Å². The lowest BCUT2D eigenvalue weighted by molar-refractivity contribution is 0.138. The molecule has 1 aromatic heterocycles. The van der Waals surface area contributed by atoms with Gasteiger partial charge in [0.25, 0.3) is 0 Å². The maximum absolute atomic E-state index is 12.3. The van der Waals surface area contributed by atoms with E-state index in [4.69, 9.17) is 4.74 Å². The summed E-state index contributed by atoms with van der Waals surface area (Å²) in [5.41, 5.74) is 0. The number of nitrogens with zero attached hydrogens (tertiary/aromatic N) is 1. The molecule has 0 unspecified atom stereocenters. The molecule has 0 bridgehead atoms. The summed E-state index contributed by atoms with van der Waals surface area (Å²) < 4.78 is 31.2. The van der Waals surface area contributed by atoms with Crippen molar-refractivity contribution in [1.29, 1.82) is 0 Å². The Morgan fingerprint density at radius 2 is 2.15 bits per heavy atom. The van der Waals surface area contributed by atoms with E-state index in [-0.39, 0.29) is 0 Å². The molecule has 0 aliphatic carbocycles. The summed E-state index contributed by atoms with van der Waals surface area (Å²) in [5, 5.41) is 4.97. The molecule has 0 saturated carbocycles. The van der Waals surface area contributed by atoms with Crippen LogP contribution in [-0.2, 0) is 21.3 Å². The van der Waals surface area contributed by atoms with Crippen LogP contribution in [0.15, 0.2) is 16.3 Å². The van der Waals surface area contributed by atoms with Gasteiger partial charge in [-0.3, -0.25) is 0 Å². The van der Waals surface area contributed by atoms with E-state index in [1.54, 1.807) is 18.5 Å². The summed E-state index contributed by atoms with van der Waals surface area (Å²) in [6.07, 6.45) is 1.07. The highest BCUT2D eigenvalue weighted by Crippen LogP contribution is 2.21. The van der Waals surface area contributed by atoms with Crippen LogP contribution < -0.4 is 5.32 Å². The number of hydrogen-bond donors (Lipinski definition) is 1. The van der Waals surface area contributed by atoms with Crippen molar-refractivity contribution in [2.24, 2.45) is 0 Å². The number of sulfonamides is 1. The first-order valence-corrected chi connectivity index (χ1v) is 9.16. The largest absolute Gasteiger partial charge is 0.380 e. The van der Waals surface area contributed by atoms with Gasteiger partial charge in [-0.05, 0) is 26.0 Å². The lowest BCUT2D eigenvalue weighted by atomic mass is 10.4. The molecule has 0 aliphatic rings. The molecule has 1 rings (SSSR count). The summed E-state index contributed by atoms with van der Waals surface area (Å²) in [6, 6.07) is 1.75. The standard InChI is InChI=1S/C13H24N2O3S2/c1-4-6-14-10-12-9-13(11-19-12)20(16,17)15(3)7-8-18-5-2/h9,11,14H,4-8,10H2,1-3H3. The molecular formula is C13H24N2O3S2. The molecule has 0 spiro atoms. The zero-order valence-electron chi connectivity index (χ0n) is 12.4. The highest BCUT2D eigenvalue weighted by atomic mass is 32.2. The van der Waals surface area contributed by atoms with Crippen molar-refractivity contribution in [2.45, 2.75) is 31.7 Å². The molecule has 20 heavy (non-hydrogen) atoms. The van der Waals surface area contributed by atoms with E-state index < -0.39 is 10.0 Å². The van der Waals surface area contributed by atoms with Crippen LogP contribution in [-0.4, -0.2) is 46.1 Å². The average Bonchev–Trinajstić information content (AvgIpc) is 2.88. The van der Waals surface area contributed by atoms with Crippen LogP contribution in [0.3, 0.4) is 0 Å². The molecule has 1 heterocycles. The predicted octanol–water partition coefficient (Wildman–Crippen LogP) is 1.90. The fourth-order valence-electron chi connectivity index (χ4n) is 1.61. The van der Waals surface area contributed by atoms with Crippen molar-refractivity contribution in [1.82, 2.24) is 9.62 Å². The van der Waals surface area contributed by atoms with Crippen LogP contribution in [0.4, 0.5) is 0 Å². The van der Waals surface area contributed by atoms with Gasteiger partial charge in [0.05, 0.1) is 11.5 Å². The third-order valence-corrected chi connectivity index (χ3v) is 5.74. The van der Waals surface area contributed by atoms with Crippen molar-refractivity contribution in [3.63, 3.8) is 0 Å². The van der Waals surface area contributed by atoms with E-state index in [2.05, 4.69) is 12.2 Å². The van der Waals surface area contributed by atoms with Crippen molar-refractivity contribution < 1.29 is 13.2 Å². The molecule has 1 aromatic rings. The molecule has 1 N–H and O–H groups in total. The SMILES string of the molecule is CCCNCc1cc(S(=O)(=O)N(C)CCOCC)cs1. The molecule has 116 valence electrons. The van der Waals surface area contributed by atoms with E-state index in [0.29, 0.717) is 24.7 Å². The summed E-state index contributed by atoms with van der Waals surface area (Å²) in [6.45, 7) is 7.04. The Kier molecular flexibility index (Phi) is 7.68. The molecule has 7 heteroatoms. The van der Waals surface area contributed by atoms with E-state index in [1.165, 1.54) is 15.6 Å². The second-order valence-corrected chi connectivity index (χ2v) is 7.49. The lowest BCUT2D eigenvalue weighted by Crippen LogP contribution is -2.30. The van der Waals surface area contributed by atoms with E-state index in [9.17, 15) is 8.42 Å². The van der Waals surface area contributed by atoms with Crippen LogP contribution in [0.1, 0.15) is 25.1 Å². The summed E-state index contributed by atoms with van der Waals surface area (Å²) in [4.78, 5) is 1.41. The highest BCUT2D eigenvalue weighted by molar-refractivity contribution is 7.89. The minimum atomic E-state index is -3.39. The first kappa shape index (κ1) is 17.6. The van der Waals surface area contributed by atoms with Gasteiger partial charge in [0.2, 0.25) is 10.0 Å².